The van der Waals surface area contributed by atoms with Crippen LogP contribution in [0.1, 0.15) is 57.4 Å². The van der Waals surface area contributed by atoms with Crippen LogP contribution in [-0.2, 0) is 4.74 Å². The summed E-state index contributed by atoms with van der Waals surface area (Å²) in [4.78, 5) is 0. The van der Waals surface area contributed by atoms with Gasteiger partial charge in [0, 0.05) is 0 Å². The van der Waals surface area contributed by atoms with Gasteiger partial charge in [-0.05, 0) is 73.6 Å². The van der Waals surface area contributed by atoms with Gasteiger partial charge in [0.05, 0.1) is 6.10 Å². The summed E-state index contributed by atoms with van der Waals surface area (Å²) in [5.74, 6) is 2.24. The maximum Gasteiger partial charge on any atom is 0.195 e. The highest BCUT2D eigenvalue weighted by atomic mass is 16.7. The van der Waals surface area contributed by atoms with Crippen LogP contribution in [-0.4, -0.2) is 58.7 Å². The molecule has 0 aromatic heterocycles. The first-order valence-electron chi connectivity index (χ1n) is 12.3. The molecule has 1 saturated carbocycles. The monoisotopic (exact) mass is 472 g/mol. The molecule has 186 valence electrons. The lowest BCUT2D eigenvalue weighted by Gasteiger charge is -2.40. The van der Waals surface area contributed by atoms with E-state index < -0.39 is 30.7 Å². The molecule has 2 aromatic carbocycles. The first-order valence-corrected chi connectivity index (χ1v) is 12.3. The van der Waals surface area contributed by atoms with Crippen molar-refractivity contribution in [2.75, 3.05) is 6.61 Å². The predicted molar refractivity (Wildman–Crippen MR) is 127 cm³/mol. The molecular formula is C27H36O7. The Bertz CT molecular complexity index is 877. The first-order chi connectivity index (χ1) is 16.4. The number of aliphatic hydroxyl groups excluding tert-OH is 3. The highest BCUT2D eigenvalue weighted by molar-refractivity contribution is 5.32. The van der Waals surface area contributed by atoms with Crippen LogP contribution in [0.3, 0.4) is 0 Å². The van der Waals surface area contributed by atoms with Crippen LogP contribution in [0.2, 0.25) is 0 Å². The summed E-state index contributed by atoms with van der Waals surface area (Å²) in [6, 6.07) is 14.7. The summed E-state index contributed by atoms with van der Waals surface area (Å²) in [6.07, 6.45) is -0.0373. The zero-order valence-corrected chi connectivity index (χ0v) is 19.9. The van der Waals surface area contributed by atoms with Crippen LogP contribution in [0, 0.1) is 0 Å². The minimum absolute atomic E-state index is 0.0176. The Morgan fingerprint density at radius 3 is 2.00 bits per heavy atom. The molecule has 1 saturated heterocycles. The van der Waals surface area contributed by atoms with E-state index in [1.54, 1.807) is 12.1 Å². The Kier molecular flexibility index (Phi) is 8.32. The summed E-state index contributed by atoms with van der Waals surface area (Å²) < 4.78 is 23.0. The predicted octanol–water partition coefficient (Wildman–Crippen LogP) is 3.79. The van der Waals surface area contributed by atoms with Gasteiger partial charge in [0.1, 0.15) is 42.2 Å². The average molecular weight is 473 g/mol. The Hall–Kier alpha value is -2.32. The lowest BCUT2D eigenvalue weighted by molar-refractivity contribution is -0.279. The molecule has 5 atom stereocenters. The fourth-order valence-electron chi connectivity index (χ4n) is 4.44. The van der Waals surface area contributed by atoms with Gasteiger partial charge < -0.3 is 34.3 Å². The molecule has 1 aliphatic carbocycles. The van der Waals surface area contributed by atoms with Gasteiger partial charge in [0.25, 0.3) is 0 Å². The molecule has 0 spiro atoms. The van der Waals surface area contributed by atoms with E-state index >= 15 is 0 Å². The van der Waals surface area contributed by atoms with E-state index in [0.717, 1.165) is 18.6 Å². The maximum absolute atomic E-state index is 10.6. The van der Waals surface area contributed by atoms with E-state index in [1.165, 1.54) is 24.8 Å². The Labute approximate surface area is 201 Å². The fraction of sp³-hybridized carbons (Fsp3) is 0.556. The molecule has 1 heterocycles. The zero-order valence-electron chi connectivity index (χ0n) is 19.9. The van der Waals surface area contributed by atoms with Gasteiger partial charge in [-0.3, -0.25) is 0 Å². The Balaban J connectivity index is 1.29. The standard InChI is InChI=1S/C27H36O7/c1-17(2)18-8-10-19(11-9-18)31-16-23-24(28)25(29)26(27(30)34-23)33-22-14-12-21(13-15-22)32-20-6-4-3-5-7-20/h8-15,17,20,23-30H,3-7,16H2,1-2H3/t23-,24-,25+,26-,27+/m1/s1. The van der Waals surface area contributed by atoms with Crippen molar-refractivity contribution in [3.05, 3.63) is 54.1 Å². The SMILES string of the molecule is CC(C)c1ccc(OC[C@H]2O[C@H](O)[C@H](Oc3ccc(OC4CCCCC4)cc3)[C@@H](O)[C@@H]2O)cc1. The minimum Gasteiger partial charge on any atom is -0.491 e. The van der Waals surface area contributed by atoms with Crippen molar-refractivity contribution in [3.63, 3.8) is 0 Å². The van der Waals surface area contributed by atoms with E-state index in [1.807, 2.05) is 36.4 Å². The molecule has 7 heteroatoms. The third kappa shape index (κ3) is 6.21. The topological polar surface area (TPSA) is 97.6 Å². The first kappa shape index (κ1) is 24.8. The lowest BCUT2D eigenvalue weighted by atomic mass is 9.98. The van der Waals surface area contributed by atoms with Crippen LogP contribution in [0.4, 0.5) is 0 Å². The molecule has 7 nitrogen and oxygen atoms in total. The van der Waals surface area contributed by atoms with Crippen LogP contribution < -0.4 is 14.2 Å². The second-order valence-corrected chi connectivity index (χ2v) is 9.51. The van der Waals surface area contributed by atoms with Crippen LogP contribution in [0.15, 0.2) is 48.5 Å². The number of rotatable bonds is 8. The van der Waals surface area contributed by atoms with Crippen molar-refractivity contribution in [1.82, 2.24) is 0 Å². The van der Waals surface area contributed by atoms with Gasteiger partial charge in [-0.25, -0.2) is 0 Å². The van der Waals surface area contributed by atoms with Crippen molar-refractivity contribution in [1.29, 1.82) is 0 Å². The molecule has 2 aromatic rings. The molecule has 34 heavy (non-hydrogen) atoms. The molecular weight excluding hydrogens is 436 g/mol. The van der Waals surface area contributed by atoms with E-state index in [4.69, 9.17) is 18.9 Å². The van der Waals surface area contributed by atoms with Crippen molar-refractivity contribution in [2.24, 2.45) is 0 Å². The second kappa shape index (κ2) is 11.4. The van der Waals surface area contributed by atoms with Crippen LogP contribution >= 0.6 is 0 Å². The number of hydrogen-bond donors (Lipinski definition) is 3. The zero-order chi connectivity index (χ0) is 24.1. The molecule has 2 fully saturated rings. The van der Waals surface area contributed by atoms with Crippen LogP contribution in [0.25, 0.3) is 0 Å². The number of hydrogen-bond acceptors (Lipinski definition) is 7. The maximum atomic E-state index is 10.6. The highest BCUT2D eigenvalue weighted by Crippen LogP contribution is 2.28. The van der Waals surface area contributed by atoms with Gasteiger partial charge >= 0.3 is 0 Å². The quantitative estimate of drug-likeness (QED) is 0.538. The lowest BCUT2D eigenvalue weighted by Crippen LogP contribution is -2.60. The van der Waals surface area contributed by atoms with Gasteiger partial charge in [0.2, 0.25) is 0 Å². The molecule has 1 aliphatic heterocycles. The molecule has 2 aliphatic rings. The average Bonchev–Trinajstić information content (AvgIpc) is 2.85. The Morgan fingerprint density at radius 1 is 0.794 bits per heavy atom. The van der Waals surface area contributed by atoms with E-state index in [-0.39, 0.29) is 12.7 Å². The van der Waals surface area contributed by atoms with E-state index in [0.29, 0.717) is 17.4 Å². The van der Waals surface area contributed by atoms with Crippen molar-refractivity contribution in [3.8, 4) is 17.2 Å². The summed E-state index contributed by atoms with van der Waals surface area (Å²) in [5, 5.41) is 31.6. The van der Waals surface area contributed by atoms with Crippen molar-refractivity contribution >= 4 is 0 Å². The summed E-state index contributed by atoms with van der Waals surface area (Å²) in [5.41, 5.74) is 1.20. The summed E-state index contributed by atoms with van der Waals surface area (Å²) >= 11 is 0. The van der Waals surface area contributed by atoms with Crippen molar-refractivity contribution in [2.45, 2.75) is 88.7 Å². The smallest absolute Gasteiger partial charge is 0.195 e. The molecule has 0 unspecified atom stereocenters. The van der Waals surface area contributed by atoms with Gasteiger partial charge in [-0.2, -0.15) is 0 Å². The van der Waals surface area contributed by atoms with Gasteiger partial charge in [-0.15, -0.1) is 0 Å². The third-order valence-corrected chi connectivity index (χ3v) is 6.57. The van der Waals surface area contributed by atoms with Gasteiger partial charge in [0.15, 0.2) is 12.4 Å². The minimum atomic E-state index is -1.42. The molecule has 0 bridgehead atoms. The van der Waals surface area contributed by atoms with Crippen molar-refractivity contribution < 1.29 is 34.3 Å². The summed E-state index contributed by atoms with van der Waals surface area (Å²) in [7, 11) is 0. The number of ether oxygens (including phenoxy) is 4. The largest absolute Gasteiger partial charge is 0.491 e. The molecule has 0 radical (unpaired) electrons. The van der Waals surface area contributed by atoms with E-state index in [9.17, 15) is 15.3 Å². The fourth-order valence-corrected chi connectivity index (χ4v) is 4.44. The van der Waals surface area contributed by atoms with Crippen LogP contribution in [0.5, 0.6) is 17.2 Å². The molecule has 3 N–H and O–H groups in total. The molecule has 4 rings (SSSR count). The normalized spacial score (nSPS) is 28.0. The second-order valence-electron chi connectivity index (χ2n) is 9.51. The van der Waals surface area contributed by atoms with Gasteiger partial charge in [-0.1, -0.05) is 32.4 Å². The number of aliphatic hydroxyl groups is 3. The molecule has 0 amide bonds. The Morgan fingerprint density at radius 2 is 1.38 bits per heavy atom. The highest BCUT2D eigenvalue weighted by Gasteiger charge is 2.45. The number of benzene rings is 2. The van der Waals surface area contributed by atoms with E-state index in [2.05, 4.69) is 13.8 Å². The third-order valence-electron chi connectivity index (χ3n) is 6.57. The summed E-state index contributed by atoms with van der Waals surface area (Å²) in [6.45, 7) is 4.21.